The molecule has 2 N–H and O–H groups in total. The van der Waals surface area contributed by atoms with Crippen LogP contribution in [0, 0.1) is 0 Å². The molecule has 0 aliphatic carbocycles. The fourth-order valence-electron chi connectivity index (χ4n) is 2.81. The molecule has 1 aliphatic heterocycles. The van der Waals surface area contributed by atoms with Crippen LogP contribution in [0.25, 0.3) is 0 Å². The molecule has 21 heavy (non-hydrogen) atoms. The third-order valence-electron chi connectivity index (χ3n) is 3.91. The van der Waals surface area contributed by atoms with Crippen LogP contribution < -0.4 is 14.8 Å². The van der Waals surface area contributed by atoms with Gasteiger partial charge in [0.2, 0.25) is 0 Å². The first-order chi connectivity index (χ1) is 10.2. The number of hydrogen-bond donors (Lipinski definition) is 2. The Balaban J connectivity index is 2.06. The van der Waals surface area contributed by atoms with Gasteiger partial charge in [0.25, 0.3) is 0 Å². The minimum atomic E-state index is -0.754. The van der Waals surface area contributed by atoms with Gasteiger partial charge in [0.1, 0.15) is 17.6 Å². The second-order valence-electron chi connectivity index (χ2n) is 5.07. The molecule has 1 atom stereocenters. The average molecular weight is 285 g/mol. The Labute approximate surface area is 124 Å². The molecular formula is C17H19NO3. The van der Waals surface area contributed by atoms with E-state index in [0.29, 0.717) is 17.1 Å². The van der Waals surface area contributed by atoms with Crippen molar-refractivity contribution >= 4 is 5.69 Å². The summed E-state index contributed by atoms with van der Waals surface area (Å²) in [4.78, 5) is 0. The third kappa shape index (κ3) is 2.43. The number of methoxy groups -OCH3 is 2. The molecule has 110 valence electrons. The number of hydrogen-bond acceptors (Lipinski definition) is 4. The molecule has 2 aromatic rings. The molecule has 0 saturated carbocycles. The SMILES string of the molecule is COc1ccc(OC)c(C(O)c2cccc3c2NCC3)c1. The smallest absolute Gasteiger partial charge is 0.125 e. The summed E-state index contributed by atoms with van der Waals surface area (Å²) in [7, 11) is 3.21. The van der Waals surface area contributed by atoms with Crippen molar-refractivity contribution in [1.29, 1.82) is 0 Å². The number of anilines is 1. The summed E-state index contributed by atoms with van der Waals surface area (Å²) in [6, 6.07) is 11.5. The van der Waals surface area contributed by atoms with Crippen molar-refractivity contribution in [3.8, 4) is 11.5 Å². The molecule has 0 amide bonds. The van der Waals surface area contributed by atoms with Crippen LogP contribution in [0.3, 0.4) is 0 Å². The van der Waals surface area contributed by atoms with Crippen molar-refractivity contribution in [3.63, 3.8) is 0 Å². The second kappa shape index (κ2) is 5.66. The van der Waals surface area contributed by atoms with E-state index in [4.69, 9.17) is 9.47 Å². The maximum atomic E-state index is 10.8. The molecule has 2 aromatic carbocycles. The first kappa shape index (κ1) is 13.8. The average Bonchev–Trinajstić information content (AvgIpc) is 3.02. The highest BCUT2D eigenvalue weighted by Crippen LogP contribution is 2.38. The van der Waals surface area contributed by atoms with Gasteiger partial charge in [-0.1, -0.05) is 18.2 Å². The highest BCUT2D eigenvalue weighted by molar-refractivity contribution is 5.64. The lowest BCUT2D eigenvalue weighted by Crippen LogP contribution is -2.06. The van der Waals surface area contributed by atoms with Crippen LogP contribution in [0.5, 0.6) is 11.5 Å². The van der Waals surface area contributed by atoms with Gasteiger partial charge in [0.05, 0.1) is 14.2 Å². The monoisotopic (exact) mass is 285 g/mol. The Morgan fingerprint density at radius 2 is 1.95 bits per heavy atom. The van der Waals surface area contributed by atoms with Gasteiger partial charge in [-0.15, -0.1) is 0 Å². The zero-order chi connectivity index (χ0) is 14.8. The molecule has 4 heteroatoms. The summed E-state index contributed by atoms with van der Waals surface area (Å²) < 4.78 is 10.6. The van der Waals surface area contributed by atoms with Gasteiger partial charge in [-0.2, -0.15) is 0 Å². The summed E-state index contributed by atoms with van der Waals surface area (Å²) in [5.41, 5.74) is 3.86. The number of nitrogens with one attached hydrogen (secondary N) is 1. The molecule has 0 bridgehead atoms. The van der Waals surface area contributed by atoms with Crippen LogP contribution in [0.4, 0.5) is 5.69 Å². The predicted octanol–water partition coefficient (Wildman–Crippen LogP) is 2.75. The minimum absolute atomic E-state index is 0.652. The summed E-state index contributed by atoms with van der Waals surface area (Å²) in [6.45, 7) is 0.911. The third-order valence-corrected chi connectivity index (χ3v) is 3.91. The van der Waals surface area contributed by atoms with Crippen LogP contribution in [0.2, 0.25) is 0 Å². The summed E-state index contributed by atoms with van der Waals surface area (Å²) in [5, 5.41) is 14.2. The highest BCUT2D eigenvalue weighted by Gasteiger charge is 2.22. The lowest BCUT2D eigenvalue weighted by Gasteiger charge is -2.19. The van der Waals surface area contributed by atoms with E-state index >= 15 is 0 Å². The topological polar surface area (TPSA) is 50.7 Å². The van der Waals surface area contributed by atoms with Crippen molar-refractivity contribution < 1.29 is 14.6 Å². The van der Waals surface area contributed by atoms with Crippen molar-refractivity contribution in [2.24, 2.45) is 0 Å². The maximum Gasteiger partial charge on any atom is 0.125 e. The number of ether oxygens (including phenoxy) is 2. The molecular weight excluding hydrogens is 266 g/mol. The molecule has 1 heterocycles. The molecule has 4 nitrogen and oxygen atoms in total. The normalized spacial score (nSPS) is 14.2. The molecule has 0 aromatic heterocycles. The van der Waals surface area contributed by atoms with Gasteiger partial charge < -0.3 is 19.9 Å². The van der Waals surface area contributed by atoms with E-state index in [1.54, 1.807) is 14.2 Å². The lowest BCUT2D eigenvalue weighted by atomic mass is 9.97. The zero-order valence-corrected chi connectivity index (χ0v) is 12.2. The lowest BCUT2D eigenvalue weighted by molar-refractivity contribution is 0.215. The van der Waals surface area contributed by atoms with Gasteiger partial charge in [-0.3, -0.25) is 0 Å². The number of aliphatic hydroxyl groups excluding tert-OH is 1. The van der Waals surface area contributed by atoms with Gasteiger partial charge in [-0.25, -0.2) is 0 Å². The van der Waals surface area contributed by atoms with Gasteiger partial charge in [0.15, 0.2) is 0 Å². The highest BCUT2D eigenvalue weighted by atomic mass is 16.5. The van der Waals surface area contributed by atoms with Crippen molar-refractivity contribution in [3.05, 3.63) is 53.1 Å². The Morgan fingerprint density at radius 3 is 2.71 bits per heavy atom. The molecule has 0 radical (unpaired) electrons. The van der Waals surface area contributed by atoms with Crippen LogP contribution in [0.15, 0.2) is 36.4 Å². The fourth-order valence-corrected chi connectivity index (χ4v) is 2.81. The number of aliphatic hydroxyl groups is 1. The standard InChI is InChI=1S/C17H19NO3/c1-20-12-6-7-15(21-2)14(10-12)17(19)13-5-3-4-11-8-9-18-16(11)13/h3-7,10,17-19H,8-9H2,1-2H3. The van der Waals surface area contributed by atoms with E-state index in [9.17, 15) is 5.11 Å². The Morgan fingerprint density at radius 1 is 1.10 bits per heavy atom. The van der Waals surface area contributed by atoms with E-state index in [2.05, 4.69) is 11.4 Å². The minimum Gasteiger partial charge on any atom is -0.497 e. The fraction of sp³-hybridized carbons (Fsp3) is 0.294. The van der Waals surface area contributed by atoms with E-state index < -0.39 is 6.10 Å². The predicted molar refractivity (Wildman–Crippen MR) is 82.2 cm³/mol. The van der Waals surface area contributed by atoms with E-state index in [0.717, 1.165) is 24.2 Å². The largest absolute Gasteiger partial charge is 0.497 e. The van der Waals surface area contributed by atoms with Crippen molar-refractivity contribution in [2.75, 3.05) is 26.1 Å². The van der Waals surface area contributed by atoms with Crippen LogP contribution in [-0.4, -0.2) is 25.9 Å². The van der Waals surface area contributed by atoms with Gasteiger partial charge >= 0.3 is 0 Å². The Kier molecular flexibility index (Phi) is 3.71. The molecule has 3 rings (SSSR count). The first-order valence-corrected chi connectivity index (χ1v) is 7.00. The Hall–Kier alpha value is -2.20. The van der Waals surface area contributed by atoms with Gasteiger partial charge in [0, 0.05) is 23.4 Å². The van der Waals surface area contributed by atoms with Crippen LogP contribution in [-0.2, 0) is 6.42 Å². The molecule has 1 aliphatic rings. The van der Waals surface area contributed by atoms with Crippen LogP contribution in [0.1, 0.15) is 22.8 Å². The number of para-hydroxylation sites is 1. The van der Waals surface area contributed by atoms with E-state index in [1.807, 2.05) is 30.3 Å². The molecule has 0 fully saturated rings. The Bertz CT molecular complexity index is 654. The quantitative estimate of drug-likeness (QED) is 0.907. The first-order valence-electron chi connectivity index (χ1n) is 7.00. The molecule has 0 saturated heterocycles. The van der Waals surface area contributed by atoms with Crippen molar-refractivity contribution in [1.82, 2.24) is 0 Å². The summed E-state index contributed by atoms with van der Waals surface area (Å²) in [6.07, 6.45) is 0.237. The number of fused-ring (bicyclic) bond motifs is 1. The molecule has 0 spiro atoms. The zero-order valence-electron chi connectivity index (χ0n) is 12.2. The van der Waals surface area contributed by atoms with E-state index in [1.165, 1.54) is 5.56 Å². The van der Waals surface area contributed by atoms with Gasteiger partial charge in [-0.05, 0) is 30.2 Å². The summed E-state index contributed by atoms with van der Waals surface area (Å²) in [5.74, 6) is 1.35. The number of rotatable bonds is 4. The molecule has 1 unspecified atom stereocenters. The van der Waals surface area contributed by atoms with E-state index in [-0.39, 0.29) is 0 Å². The van der Waals surface area contributed by atoms with Crippen molar-refractivity contribution in [2.45, 2.75) is 12.5 Å². The number of benzene rings is 2. The van der Waals surface area contributed by atoms with Crippen LogP contribution >= 0.6 is 0 Å². The second-order valence-corrected chi connectivity index (χ2v) is 5.07. The summed E-state index contributed by atoms with van der Waals surface area (Å²) >= 11 is 0. The maximum absolute atomic E-state index is 10.8.